The van der Waals surface area contributed by atoms with E-state index in [1.54, 1.807) is 0 Å². The maximum Gasteiger partial charge on any atom is 0.325 e. The predicted octanol–water partition coefficient (Wildman–Crippen LogP) is 3.68. The lowest BCUT2D eigenvalue weighted by Crippen LogP contribution is -2.19. The number of non-ortho nitro benzene ring substituents is 1. The molecular weight excluding hydrogens is 342 g/mol. The van der Waals surface area contributed by atoms with Crippen molar-refractivity contribution >= 4 is 33.9 Å². The van der Waals surface area contributed by atoms with Crippen LogP contribution in [0.25, 0.3) is 0 Å². The number of anilines is 2. The molecule has 8 nitrogen and oxygen atoms in total. The Bertz CT molecular complexity index is 880. The van der Waals surface area contributed by atoms with Gasteiger partial charge in [-0.05, 0) is 17.7 Å². The van der Waals surface area contributed by atoms with Crippen molar-refractivity contribution in [3.05, 3.63) is 75.3 Å². The summed E-state index contributed by atoms with van der Waals surface area (Å²) < 4.78 is 0. The summed E-state index contributed by atoms with van der Waals surface area (Å²) in [5.74, 6) is 0. The van der Waals surface area contributed by atoms with Gasteiger partial charge in [0.05, 0.1) is 4.92 Å². The number of carbonyl (C=O) groups is 1. The third kappa shape index (κ3) is 4.58. The first-order valence-corrected chi connectivity index (χ1v) is 8.10. The number of amides is 2. The van der Waals surface area contributed by atoms with Crippen molar-refractivity contribution in [2.75, 3.05) is 10.6 Å². The molecule has 25 heavy (non-hydrogen) atoms. The molecule has 2 aromatic carbocycles. The van der Waals surface area contributed by atoms with Gasteiger partial charge in [-0.3, -0.25) is 15.4 Å². The lowest BCUT2D eigenvalue weighted by Gasteiger charge is -2.04. The van der Waals surface area contributed by atoms with E-state index in [2.05, 4.69) is 20.8 Å². The number of nitrogens with zero attached hydrogens (tertiary/aromatic N) is 3. The molecule has 1 heterocycles. The molecule has 2 N–H and O–H groups in total. The highest BCUT2D eigenvalue weighted by atomic mass is 32.1. The van der Waals surface area contributed by atoms with Crippen molar-refractivity contribution in [3.63, 3.8) is 0 Å². The van der Waals surface area contributed by atoms with Crippen LogP contribution in [0.5, 0.6) is 0 Å². The fourth-order valence-electron chi connectivity index (χ4n) is 2.07. The topological polar surface area (TPSA) is 110 Å². The third-order valence-electron chi connectivity index (χ3n) is 3.22. The Hall–Kier alpha value is -3.33. The second-order valence-electron chi connectivity index (χ2n) is 5.05. The standard InChI is InChI=1S/C16H13N5O3S/c22-15(17-12-6-8-13(9-7-12)21(23)24)18-16-20-19-14(25-16)10-11-4-2-1-3-5-11/h1-9H,10H2,(H2,17,18,20,22). The number of aromatic nitrogens is 2. The van der Waals surface area contributed by atoms with E-state index in [-0.39, 0.29) is 5.69 Å². The molecule has 9 heteroatoms. The summed E-state index contributed by atoms with van der Waals surface area (Å²) >= 11 is 1.29. The number of benzene rings is 2. The average molecular weight is 355 g/mol. The lowest BCUT2D eigenvalue weighted by molar-refractivity contribution is -0.384. The summed E-state index contributed by atoms with van der Waals surface area (Å²) in [5, 5.41) is 24.9. The molecule has 0 saturated carbocycles. The molecule has 0 saturated heterocycles. The van der Waals surface area contributed by atoms with Gasteiger partial charge in [0.25, 0.3) is 5.69 Å². The normalized spacial score (nSPS) is 10.2. The summed E-state index contributed by atoms with van der Waals surface area (Å²) in [7, 11) is 0. The summed E-state index contributed by atoms with van der Waals surface area (Å²) in [5.41, 5.74) is 1.51. The van der Waals surface area contributed by atoms with Crippen LogP contribution in [-0.2, 0) is 6.42 Å². The van der Waals surface area contributed by atoms with E-state index in [0.29, 0.717) is 17.2 Å². The number of urea groups is 1. The molecule has 0 radical (unpaired) electrons. The molecule has 0 atom stereocenters. The minimum Gasteiger partial charge on any atom is -0.308 e. The third-order valence-corrected chi connectivity index (χ3v) is 4.06. The minimum atomic E-state index is -0.501. The highest BCUT2D eigenvalue weighted by Gasteiger charge is 2.10. The van der Waals surface area contributed by atoms with Crippen LogP contribution < -0.4 is 10.6 Å². The van der Waals surface area contributed by atoms with Crippen molar-refractivity contribution in [2.24, 2.45) is 0 Å². The van der Waals surface area contributed by atoms with Crippen molar-refractivity contribution in [1.29, 1.82) is 0 Å². The summed E-state index contributed by atoms with van der Waals surface area (Å²) in [6.07, 6.45) is 0.643. The highest BCUT2D eigenvalue weighted by Crippen LogP contribution is 2.19. The van der Waals surface area contributed by atoms with Crippen molar-refractivity contribution in [3.8, 4) is 0 Å². The largest absolute Gasteiger partial charge is 0.325 e. The van der Waals surface area contributed by atoms with E-state index in [1.165, 1.54) is 35.6 Å². The fraction of sp³-hybridized carbons (Fsp3) is 0.0625. The fourth-order valence-corrected chi connectivity index (χ4v) is 2.84. The molecule has 0 aliphatic heterocycles. The van der Waals surface area contributed by atoms with E-state index in [1.807, 2.05) is 30.3 Å². The molecule has 126 valence electrons. The number of rotatable bonds is 5. The van der Waals surface area contributed by atoms with Crippen molar-refractivity contribution in [1.82, 2.24) is 10.2 Å². The van der Waals surface area contributed by atoms with Crippen LogP contribution in [0.1, 0.15) is 10.6 Å². The van der Waals surface area contributed by atoms with Crippen molar-refractivity contribution < 1.29 is 9.72 Å². The number of hydrogen-bond donors (Lipinski definition) is 2. The second-order valence-corrected chi connectivity index (χ2v) is 6.11. The molecule has 2 amide bonds. The zero-order valence-corrected chi connectivity index (χ0v) is 13.7. The Morgan fingerprint density at radius 2 is 1.76 bits per heavy atom. The van der Waals surface area contributed by atoms with Gasteiger partial charge in [-0.25, -0.2) is 4.79 Å². The predicted molar refractivity (Wildman–Crippen MR) is 94.9 cm³/mol. The van der Waals surface area contributed by atoms with Crippen molar-refractivity contribution in [2.45, 2.75) is 6.42 Å². The quantitative estimate of drug-likeness (QED) is 0.536. The number of hydrogen-bond acceptors (Lipinski definition) is 6. The highest BCUT2D eigenvalue weighted by molar-refractivity contribution is 7.15. The summed E-state index contributed by atoms with van der Waals surface area (Å²) in [6.45, 7) is 0. The van der Waals surface area contributed by atoms with E-state index < -0.39 is 11.0 Å². The molecule has 0 bridgehead atoms. The van der Waals surface area contributed by atoms with E-state index in [9.17, 15) is 14.9 Å². The Kier molecular flexibility index (Phi) is 4.95. The van der Waals surface area contributed by atoms with Gasteiger partial charge in [-0.15, -0.1) is 10.2 Å². The monoisotopic (exact) mass is 355 g/mol. The first kappa shape index (κ1) is 16.5. The number of nitrogens with one attached hydrogen (secondary N) is 2. The van der Waals surface area contributed by atoms with Crippen LogP contribution in [0, 0.1) is 10.1 Å². The molecule has 0 unspecified atom stereocenters. The van der Waals surface area contributed by atoms with Gasteiger partial charge in [0.2, 0.25) is 5.13 Å². The molecule has 1 aromatic heterocycles. The van der Waals surface area contributed by atoms with E-state index >= 15 is 0 Å². The second kappa shape index (κ2) is 7.49. The lowest BCUT2D eigenvalue weighted by atomic mass is 10.2. The van der Waals surface area contributed by atoms with Crippen LogP contribution in [0.4, 0.5) is 21.3 Å². The summed E-state index contributed by atoms with van der Waals surface area (Å²) in [6, 6.07) is 14.9. The van der Waals surface area contributed by atoms with Crippen LogP contribution in [0.3, 0.4) is 0 Å². The SMILES string of the molecule is O=C(Nc1ccc([N+](=O)[O-])cc1)Nc1nnc(Cc2ccccc2)s1. The number of nitro groups is 1. The first-order chi connectivity index (χ1) is 12.1. The summed E-state index contributed by atoms with van der Waals surface area (Å²) in [4.78, 5) is 22.1. The zero-order chi connectivity index (χ0) is 17.6. The molecule has 0 aliphatic carbocycles. The average Bonchev–Trinajstić information content (AvgIpc) is 3.03. The smallest absolute Gasteiger partial charge is 0.308 e. The van der Waals surface area contributed by atoms with Crippen LogP contribution >= 0.6 is 11.3 Å². The number of nitro benzene ring substituents is 1. The molecule has 3 aromatic rings. The van der Waals surface area contributed by atoms with Gasteiger partial charge in [-0.2, -0.15) is 0 Å². The maximum atomic E-state index is 12.0. The molecule has 3 rings (SSSR count). The minimum absolute atomic E-state index is 0.0411. The van der Waals surface area contributed by atoms with Crippen LogP contribution in [-0.4, -0.2) is 21.2 Å². The molecular formula is C16H13N5O3S. The Morgan fingerprint density at radius 1 is 1.04 bits per heavy atom. The molecule has 0 spiro atoms. The van der Waals surface area contributed by atoms with Gasteiger partial charge < -0.3 is 5.32 Å². The Morgan fingerprint density at radius 3 is 2.44 bits per heavy atom. The van der Waals surface area contributed by atoms with Gasteiger partial charge in [0.1, 0.15) is 5.01 Å². The van der Waals surface area contributed by atoms with Gasteiger partial charge in [0, 0.05) is 24.2 Å². The molecule has 0 aliphatic rings. The Balaban J connectivity index is 1.57. The number of carbonyl (C=O) groups excluding carboxylic acids is 1. The first-order valence-electron chi connectivity index (χ1n) is 7.29. The van der Waals surface area contributed by atoms with Gasteiger partial charge in [0.15, 0.2) is 0 Å². The van der Waals surface area contributed by atoms with E-state index in [0.717, 1.165) is 10.6 Å². The van der Waals surface area contributed by atoms with Gasteiger partial charge >= 0.3 is 6.03 Å². The Labute approximate surface area is 146 Å². The van der Waals surface area contributed by atoms with Gasteiger partial charge in [-0.1, -0.05) is 41.7 Å². The van der Waals surface area contributed by atoms with Crippen LogP contribution in [0.15, 0.2) is 54.6 Å². The zero-order valence-electron chi connectivity index (χ0n) is 12.9. The maximum absolute atomic E-state index is 12.0. The molecule has 0 fully saturated rings. The van der Waals surface area contributed by atoms with E-state index in [4.69, 9.17) is 0 Å². The van der Waals surface area contributed by atoms with Crippen LogP contribution in [0.2, 0.25) is 0 Å².